The SMILES string of the molecule is CO[C@H]1O[C@H](CBr)[C@@H](OC(=O)c2ccccc2)[C@H](OC(C)=O)[C@H]1OC(C)=O. The van der Waals surface area contributed by atoms with Gasteiger partial charge in [0.1, 0.15) is 6.10 Å². The van der Waals surface area contributed by atoms with Crippen molar-refractivity contribution in [2.45, 2.75) is 44.6 Å². The van der Waals surface area contributed by atoms with Crippen molar-refractivity contribution in [3.8, 4) is 0 Å². The normalized spacial score (nSPS) is 27.5. The van der Waals surface area contributed by atoms with Crippen LogP contribution in [0.4, 0.5) is 0 Å². The van der Waals surface area contributed by atoms with E-state index in [0.717, 1.165) is 0 Å². The van der Waals surface area contributed by atoms with Gasteiger partial charge in [-0.2, -0.15) is 0 Å². The summed E-state index contributed by atoms with van der Waals surface area (Å²) in [7, 11) is 1.37. The molecule has 0 spiro atoms. The first kappa shape index (κ1) is 21.3. The maximum absolute atomic E-state index is 12.5. The standard InChI is InChI=1S/C18H21BrO8/c1-10(20)24-15-14(27-17(22)12-7-5-4-6-8-12)13(9-19)26-18(23-3)16(15)25-11(2)21/h4-8,13-16,18H,9H2,1-3H3/t13-,14-,15+,16-,18+/m1/s1. The molecule has 1 aromatic carbocycles. The van der Waals surface area contributed by atoms with E-state index in [1.807, 2.05) is 0 Å². The smallest absolute Gasteiger partial charge is 0.338 e. The Labute approximate surface area is 165 Å². The fourth-order valence-corrected chi connectivity index (χ4v) is 3.26. The number of ether oxygens (including phenoxy) is 5. The highest BCUT2D eigenvalue weighted by molar-refractivity contribution is 9.09. The van der Waals surface area contributed by atoms with Crippen molar-refractivity contribution >= 4 is 33.8 Å². The summed E-state index contributed by atoms with van der Waals surface area (Å²) in [5.41, 5.74) is 0.324. The van der Waals surface area contributed by atoms with Gasteiger partial charge in [0.25, 0.3) is 0 Å². The molecule has 1 aromatic rings. The first-order valence-corrected chi connectivity index (χ1v) is 9.34. The summed E-state index contributed by atoms with van der Waals surface area (Å²) in [5.74, 6) is -1.86. The van der Waals surface area contributed by atoms with Gasteiger partial charge in [-0.15, -0.1) is 0 Å². The Morgan fingerprint density at radius 1 is 0.963 bits per heavy atom. The highest BCUT2D eigenvalue weighted by Crippen LogP contribution is 2.30. The Bertz CT molecular complexity index is 665. The number of methoxy groups -OCH3 is 1. The minimum atomic E-state index is -1.10. The van der Waals surface area contributed by atoms with E-state index in [4.69, 9.17) is 23.7 Å². The molecule has 1 saturated heterocycles. The van der Waals surface area contributed by atoms with Crippen molar-refractivity contribution in [2.75, 3.05) is 12.4 Å². The number of halogens is 1. The molecule has 8 nitrogen and oxygen atoms in total. The minimum Gasteiger partial charge on any atom is -0.454 e. The van der Waals surface area contributed by atoms with Crippen molar-refractivity contribution in [3.05, 3.63) is 35.9 Å². The van der Waals surface area contributed by atoms with Gasteiger partial charge in [0.2, 0.25) is 0 Å². The molecule has 1 aliphatic heterocycles. The van der Waals surface area contributed by atoms with Crippen LogP contribution in [0.25, 0.3) is 0 Å². The average molecular weight is 445 g/mol. The number of hydrogen-bond donors (Lipinski definition) is 0. The third kappa shape index (κ3) is 5.50. The molecule has 1 heterocycles. The van der Waals surface area contributed by atoms with Gasteiger partial charge < -0.3 is 23.7 Å². The van der Waals surface area contributed by atoms with Crippen molar-refractivity contribution in [2.24, 2.45) is 0 Å². The van der Waals surface area contributed by atoms with E-state index in [2.05, 4.69) is 15.9 Å². The lowest BCUT2D eigenvalue weighted by Crippen LogP contribution is -2.62. The zero-order valence-electron chi connectivity index (χ0n) is 15.1. The first-order chi connectivity index (χ1) is 12.9. The van der Waals surface area contributed by atoms with Crippen LogP contribution in [0, 0.1) is 0 Å². The van der Waals surface area contributed by atoms with Gasteiger partial charge in [0, 0.05) is 26.3 Å². The van der Waals surface area contributed by atoms with E-state index < -0.39 is 48.6 Å². The maximum Gasteiger partial charge on any atom is 0.338 e. The summed E-state index contributed by atoms with van der Waals surface area (Å²) in [4.78, 5) is 35.7. The second kappa shape index (κ2) is 9.82. The van der Waals surface area contributed by atoms with E-state index in [1.54, 1.807) is 30.3 Å². The molecule has 0 saturated carbocycles. The second-order valence-electron chi connectivity index (χ2n) is 5.82. The van der Waals surface area contributed by atoms with Crippen LogP contribution >= 0.6 is 15.9 Å². The molecule has 0 bridgehead atoms. The number of esters is 3. The van der Waals surface area contributed by atoms with Crippen LogP contribution in [0.15, 0.2) is 30.3 Å². The van der Waals surface area contributed by atoms with Gasteiger partial charge in [0.05, 0.1) is 5.56 Å². The number of carbonyl (C=O) groups excluding carboxylic acids is 3. The molecule has 0 aliphatic carbocycles. The summed E-state index contributed by atoms with van der Waals surface area (Å²) in [6.07, 6.45) is -4.90. The van der Waals surface area contributed by atoms with Crippen LogP contribution in [0.1, 0.15) is 24.2 Å². The van der Waals surface area contributed by atoms with E-state index in [1.165, 1.54) is 21.0 Å². The fraction of sp³-hybridized carbons (Fsp3) is 0.500. The van der Waals surface area contributed by atoms with Gasteiger partial charge in [-0.25, -0.2) is 4.79 Å². The highest BCUT2D eigenvalue weighted by Gasteiger charge is 2.52. The molecule has 1 fully saturated rings. The summed E-state index contributed by atoms with van der Waals surface area (Å²) < 4.78 is 27.1. The zero-order valence-corrected chi connectivity index (χ0v) is 16.7. The van der Waals surface area contributed by atoms with E-state index in [-0.39, 0.29) is 5.33 Å². The highest BCUT2D eigenvalue weighted by atomic mass is 79.9. The maximum atomic E-state index is 12.5. The van der Waals surface area contributed by atoms with E-state index >= 15 is 0 Å². The topological polar surface area (TPSA) is 97.4 Å². The second-order valence-corrected chi connectivity index (χ2v) is 6.46. The Morgan fingerprint density at radius 2 is 1.56 bits per heavy atom. The van der Waals surface area contributed by atoms with E-state index in [0.29, 0.717) is 5.56 Å². The molecular weight excluding hydrogens is 424 g/mol. The number of benzene rings is 1. The molecule has 5 atom stereocenters. The fourth-order valence-electron chi connectivity index (χ4n) is 2.74. The van der Waals surface area contributed by atoms with Crippen LogP contribution < -0.4 is 0 Å². The number of carbonyl (C=O) groups is 3. The zero-order chi connectivity index (χ0) is 20.0. The number of hydrogen-bond acceptors (Lipinski definition) is 8. The summed E-state index contributed by atoms with van der Waals surface area (Å²) in [6.45, 7) is 2.42. The van der Waals surface area contributed by atoms with Crippen LogP contribution in [-0.4, -0.2) is 61.1 Å². The van der Waals surface area contributed by atoms with Crippen molar-refractivity contribution in [1.29, 1.82) is 0 Å². The lowest BCUT2D eigenvalue weighted by atomic mass is 9.98. The molecule has 0 radical (unpaired) electrons. The Hall–Kier alpha value is -1.97. The Morgan fingerprint density at radius 3 is 2.07 bits per heavy atom. The van der Waals surface area contributed by atoms with Gasteiger partial charge in [-0.05, 0) is 12.1 Å². The third-order valence-corrected chi connectivity index (χ3v) is 4.47. The predicted molar refractivity (Wildman–Crippen MR) is 96.2 cm³/mol. The van der Waals surface area contributed by atoms with Crippen LogP contribution in [-0.2, 0) is 33.3 Å². The van der Waals surface area contributed by atoms with Crippen molar-refractivity contribution in [3.63, 3.8) is 0 Å². The molecule has 0 aromatic heterocycles. The molecule has 1 aliphatic rings. The average Bonchev–Trinajstić information content (AvgIpc) is 2.64. The number of alkyl halides is 1. The lowest BCUT2D eigenvalue weighted by molar-refractivity contribution is -0.290. The van der Waals surface area contributed by atoms with Crippen LogP contribution in [0.3, 0.4) is 0 Å². The first-order valence-electron chi connectivity index (χ1n) is 8.22. The molecule has 0 N–H and O–H groups in total. The van der Waals surface area contributed by atoms with E-state index in [9.17, 15) is 14.4 Å². The third-order valence-electron chi connectivity index (χ3n) is 3.83. The molecule has 27 heavy (non-hydrogen) atoms. The van der Waals surface area contributed by atoms with Crippen molar-refractivity contribution < 1.29 is 38.1 Å². The quantitative estimate of drug-likeness (QED) is 0.372. The Kier molecular flexibility index (Phi) is 7.76. The lowest BCUT2D eigenvalue weighted by Gasteiger charge is -2.43. The molecule has 9 heteroatoms. The molecule has 2 rings (SSSR count). The van der Waals surface area contributed by atoms with Gasteiger partial charge >= 0.3 is 17.9 Å². The minimum absolute atomic E-state index is 0.268. The number of rotatable bonds is 6. The van der Waals surface area contributed by atoms with Crippen molar-refractivity contribution in [1.82, 2.24) is 0 Å². The molecule has 148 valence electrons. The molecule has 0 amide bonds. The largest absolute Gasteiger partial charge is 0.454 e. The van der Waals surface area contributed by atoms with Gasteiger partial charge in [0.15, 0.2) is 24.6 Å². The monoisotopic (exact) mass is 444 g/mol. The summed E-state index contributed by atoms with van der Waals surface area (Å²) >= 11 is 3.30. The summed E-state index contributed by atoms with van der Waals surface area (Å²) in [5, 5.41) is 0.268. The summed E-state index contributed by atoms with van der Waals surface area (Å²) in [6, 6.07) is 8.35. The van der Waals surface area contributed by atoms with Crippen LogP contribution in [0.2, 0.25) is 0 Å². The van der Waals surface area contributed by atoms with Gasteiger partial charge in [-0.3, -0.25) is 9.59 Å². The Balaban J connectivity index is 2.34. The van der Waals surface area contributed by atoms with Gasteiger partial charge in [-0.1, -0.05) is 34.1 Å². The van der Waals surface area contributed by atoms with Crippen LogP contribution in [0.5, 0.6) is 0 Å². The molecule has 0 unspecified atom stereocenters. The molecular formula is C18H21BrO8. The predicted octanol–water partition coefficient (Wildman–Crippen LogP) is 1.84.